The van der Waals surface area contributed by atoms with Crippen molar-refractivity contribution in [2.24, 2.45) is 0 Å². The molecular formula is C18H21N3. The summed E-state index contributed by atoms with van der Waals surface area (Å²) >= 11 is 0. The van der Waals surface area contributed by atoms with Gasteiger partial charge in [-0.25, -0.2) is 9.97 Å². The van der Waals surface area contributed by atoms with E-state index >= 15 is 0 Å². The van der Waals surface area contributed by atoms with E-state index in [9.17, 15) is 0 Å². The van der Waals surface area contributed by atoms with Crippen molar-refractivity contribution in [3.63, 3.8) is 0 Å². The molecule has 3 heterocycles. The van der Waals surface area contributed by atoms with Gasteiger partial charge in [-0.05, 0) is 45.2 Å². The van der Waals surface area contributed by atoms with Crippen molar-refractivity contribution in [3.05, 3.63) is 46.8 Å². The molecule has 1 aromatic heterocycles. The van der Waals surface area contributed by atoms with E-state index in [1.54, 1.807) is 0 Å². The monoisotopic (exact) mass is 279 g/mol. The van der Waals surface area contributed by atoms with Gasteiger partial charge >= 0.3 is 0 Å². The zero-order valence-electron chi connectivity index (χ0n) is 12.8. The molecule has 1 fully saturated rings. The summed E-state index contributed by atoms with van der Waals surface area (Å²) in [5, 5.41) is 0. The average Bonchev–Trinajstić information content (AvgIpc) is 2.93. The normalized spacial score (nSPS) is 21.1. The van der Waals surface area contributed by atoms with Gasteiger partial charge in [0.25, 0.3) is 0 Å². The van der Waals surface area contributed by atoms with Crippen LogP contribution in [0.15, 0.2) is 24.3 Å². The molecule has 0 N–H and O–H groups in total. The van der Waals surface area contributed by atoms with Gasteiger partial charge in [-0.3, -0.25) is 4.90 Å². The first-order chi connectivity index (χ1) is 10.2. The molecule has 0 radical (unpaired) electrons. The second-order valence-corrected chi connectivity index (χ2v) is 6.39. The number of rotatable bonds is 1. The first-order valence-electron chi connectivity index (χ1n) is 7.88. The van der Waals surface area contributed by atoms with Gasteiger partial charge in [0.05, 0.1) is 5.69 Å². The molecule has 0 spiro atoms. The van der Waals surface area contributed by atoms with Crippen molar-refractivity contribution in [1.82, 2.24) is 14.9 Å². The first-order valence-corrected chi connectivity index (χ1v) is 7.88. The standard InChI is InChI=1S/C18H21N3/c1-12-5-7-14(8-6-12)18-19-13(2)16-10-15-4-3-9-21(15)11-17(16)20-18/h5-8,15H,3-4,9-11H2,1-2H3. The Morgan fingerprint density at radius 2 is 1.90 bits per heavy atom. The van der Waals surface area contributed by atoms with E-state index < -0.39 is 0 Å². The van der Waals surface area contributed by atoms with Crippen LogP contribution in [0.5, 0.6) is 0 Å². The number of aromatic nitrogens is 2. The topological polar surface area (TPSA) is 29.0 Å². The van der Waals surface area contributed by atoms with E-state index in [0.717, 1.165) is 30.4 Å². The number of fused-ring (bicyclic) bond motifs is 2. The van der Waals surface area contributed by atoms with Crippen LogP contribution in [0.25, 0.3) is 11.4 Å². The van der Waals surface area contributed by atoms with Crippen LogP contribution in [-0.4, -0.2) is 27.5 Å². The van der Waals surface area contributed by atoms with Gasteiger partial charge in [0, 0.05) is 23.8 Å². The molecule has 4 rings (SSSR count). The molecule has 1 unspecified atom stereocenters. The molecule has 2 aliphatic rings. The summed E-state index contributed by atoms with van der Waals surface area (Å²) in [6.45, 7) is 6.48. The van der Waals surface area contributed by atoms with Gasteiger partial charge in [0.2, 0.25) is 0 Å². The van der Waals surface area contributed by atoms with Crippen molar-refractivity contribution in [2.45, 2.75) is 45.7 Å². The second kappa shape index (κ2) is 4.92. The van der Waals surface area contributed by atoms with Gasteiger partial charge in [0.1, 0.15) is 0 Å². The molecule has 0 saturated carbocycles. The van der Waals surface area contributed by atoms with Gasteiger partial charge in [0.15, 0.2) is 5.82 Å². The van der Waals surface area contributed by atoms with Crippen molar-refractivity contribution >= 4 is 0 Å². The Morgan fingerprint density at radius 1 is 1.10 bits per heavy atom. The Bertz CT molecular complexity index is 676. The summed E-state index contributed by atoms with van der Waals surface area (Å²) < 4.78 is 0. The zero-order valence-corrected chi connectivity index (χ0v) is 12.8. The van der Waals surface area contributed by atoms with Crippen LogP contribution in [0.4, 0.5) is 0 Å². The summed E-state index contributed by atoms with van der Waals surface area (Å²) in [5.41, 5.74) is 6.20. The molecule has 2 aromatic rings. The minimum atomic E-state index is 0.727. The Kier molecular flexibility index (Phi) is 3.03. The van der Waals surface area contributed by atoms with Crippen molar-refractivity contribution in [1.29, 1.82) is 0 Å². The maximum Gasteiger partial charge on any atom is 0.159 e. The van der Waals surface area contributed by atoms with Gasteiger partial charge in [-0.1, -0.05) is 29.8 Å². The van der Waals surface area contributed by atoms with Gasteiger partial charge in [-0.15, -0.1) is 0 Å². The lowest BCUT2D eigenvalue weighted by molar-refractivity contribution is 0.223. The van der Waals surface area contributed by atoms with Crippen molar-refractivity contribution in [2.75, 3.05) is 6.54 Å². The van der Waals surface area contributed by atoms with Crippen LogP contribution >= 0.6 is 0 Å². The summed E-state index contributed by atoms with van der Waals surface area (Å²) in [7, 11) is 0. The molecule has 2 aliphatic heterocycles. The van der Waals surface area contributed by atoms with Crippen molar-refractivity contribution in [3.8, 4) is 11.4 Å². The fraction of sp³-hybridized carbons (Fsp3) is 0.444. The minimum absolute atomic E-state index is 0.727. The van der Waals surface area contributed by atoms with Crippen molar-refractivity contribution < 1.29 is 0 Å². The predicted octanol–water partition coefficient (Wildman–Crippen LogP) is 3.28. The number of benzene rings is 1. The highest BCUT2D eigenvalue weighted by atomic mass is 15.2. The fourth-order valence-electron chi connectivity index (χ4n) is 3.65. The molecule has 1 atom stereocenters. The Morgan fingerprint density at radius 3 is 2.71 bits per heavy atom. The SMILES string of the molecule is Cc1ccc(-c2nc(C)c3c(n2)CN2CCCC2C3)cc1. The second-order valence-electron chi connectivity index (χ2n) is 6.39. The van der Waals surface area contributed by atoms with Gasteiger partial charge in [-0.2, -0.15) is 0 Å². The highest BCUT2D eigenvalue weighted by molar-refractivity contribution is 5.56. The van der Waals surface area contributed by atoms with E-state index in [0.29, 0.717) is 0 Å². The number of aryl methyl sites for hydroxylation is 2. The van der Waals surface area contributed by atoms with Crippen LogP contribution < -0.4 is 0 Å². The number of hydrogen-bond acceptors (Lipinski definition) is 3. The van der Waals surface area contributed by atoms with Crippen LogP contribution in [0.1, 0.15) is 35.4 Å². The third kappa shape index (κ3) is 2.26. The molecule has 108 valence electrons. The summed E-state index contributed by atoms with van der Waals surface area (Å²) in [4.78, 5) is 12.2. The molecule has 21 heavy (non-hydrogen) atoms. The van der Waals surface area contributed by atoms with E-state index in [-0.39, 0.29) is 0 Å². The molecule has 1 saturated heterocycles. The maximum atomic E-state index is 4.88. The Hall–Kier alpha value is -1.74. The maximum absolute atomic E-state index is 4.88. The van der Waals surface area contributed by atoms with Crippen LogP contribution in [-0.2, 0) is 13.0 Å². The zero-order chi connectivity index (χ0) is 14.4. The van der Waals surface area contributed by atoms with E-state index in [2.05, 4.69) is 43.0 Å². The van der Waals surface area contributed by atoms with Gasteiger partial charge < -0.3 is 0 Å². The van der Waals surface area contributed by atoms with Crippen LogP contribution in [0.3, 0.4) is 0 Å². The third-order valence-electron chi connectivity index (χ3n) is 4.90. The summed E-state index contributed by atoms with van der Waals surface area (Å²) in [6.07, 6.45) is 3.80. The van der Waals surface area contributed by atoms with Crippen LogP contribution in [0.2, 0.25) is 0 Å². The molecule has 0 amide bonds. The largest absolute Gasteiger partial charge is 0.294 e. The Labute approximate surface area is 126 Å². The minimum Gasteiger partial charge on any atom is -0.294 e. The first kappa shape index (κ1) is 13.0. The molecule has 3 heteroatoms. The molecule has 1 aromatic carbocycles. The molecule has 0 aliphatic carbocycles. The third-order valence-corrected chi connectivity index (χ3v) is 4.90. The molecule has 3 nitrogen and oxygen atoms in total. The number of nitrogens with zero attached hydrogens (tertiary/aromatic N) is 3. The van der Waals surface area contributed by atoms with E-state index in [1.807, 2.05) is 0 Å². The summed E-state index contributed by atoms with van der Waals surface area (Å²) in [5.74, 6) is 0.879. The summed E-state index contributed by atoms with van der Waals surface area (Å²) in [6, 6.07) is 9.23. The average molecular weight is 279 g/mol. The number of hydrogen-bond donors (Lipinski definition) is 0. The molecule has 0 bridgehead atoms. The predicted molar refractivity (Wildman–Crippen MR) is 84.1 cm³/mol. The highest BCUT2D eigenvalue weighted by Crippen LogP contribution is 2.31. The lowest BCUT2D eigenvalue weighted by atomic mass is 9.96. The quantitative estimate of drug-likeness (QED) is 0.802. The fourth-order valence-corrected chi connectivity index (χ4v) is 3.65. The van der Waals surface area contributed by atoms with E-state index in [4.69, 9.17) is 9.97 Å². The van der Waals surface area contributed by atoms with E-state index in [1.165, 1.54) is 41.9 Å². The lowest BCUT2D eigenvalue weighted by Crippen LogP contribution is -2.36. The Balaban J connectivity index is 1.75. The highest BCUT2D eigenvalue weighted by Gasteiger charge is 2.32. The van der Waals surface area contributed by atoms with Crippen LogP contribution in [0, 0.1) is 13.8 Å². The lowest BCUT2D eigenvalue weighted by Gasteiger charge is -2.31. The molecular weight excluding hydrogens is 258 g/mol. The smallest absolute Gasteiger partial charge is 0.159 e.